The number of ketones is 1. The molecule has 2 heterocycles. The number of aryl methyl sites for hydroxylation is 2. The Hall–Kier alpha value is -1.92. The van der Waals surface area contributed by atoms with Crippen molar-refractivity contribution < 1.29 is 4.79 Å². The summed E-state index contributed by atoms with van der Waals surface area (Å²) in [6.45, 7) is 9.86. The number of thioether (sulfide) groups is 1. The standard InChI is InChI=1S/C21H24N2O2S2/c1-12-7-8-14(9-13(12)2)15-10-26-18-17(15)19(25)23(6)20(22-18)27-11-16(24)21(3,4)5/h7-10H,11H2,1-6H3. The van der Waals surface area contributed by atoms with Crippen LogP contribution in [0.25, 0.3) is 21.3 Å². The van der Waals surface area contributed by atoms with Crippen molar-refractivity contribution in [2.75, 3.05) is 5.75 Å². The van der Waals surface area contributed by atoms with E-state index in [1.165, 1.54) is 34.2 Å². The summed E-state index contributed by atoms with van der Waals surface area (Å²) < 4.78 is 1.56. The van der Waals surface area contributed by atoms with Crippen LogP contribution in [-0.4, -0.2) is 21.1 Å². The van der Waals surface area contributed by atoms with E-state index in [1.807, 2.05) is 32.2 Å². The smallest absolute Gasteiger partial charge is 0.263 e. The zero-order valence-electron chi connectivity index (χ0n) is 16.5. The molecule has 0 bridgehead atoms. The Morgan fingerprint density at radius 3 is 2.56 bits per heavy atom. The number of aromatic nitrogens is 2. The summed E-state index contributed by atoms with van der Waals surface area (Å²) in [5, 5.41) is 3.23. The molecule has 6 heteroatoms. The molecule has 0 aliphatic carbocycles. The molecule has 0 saturated heterocycles. The van der Waals surface area contributed by atoms with Crippen LogP contribution in [0.4, 0.5) is 0 Å². The van der Waals surface area contributed by atoms with E-state index in [4.69, 9.17) is 0 Å². The van der Waals surface area contributed by atoms with Crippen molar-refractivity contribution in [3.8, 4) is 11.1 Å². The molecule has 0 fully saturated rings. The lowest BCUT2D eigenvalue weighted by atomic mass is 9.92. The normalized spacial score (nSPS) is 11.9. The first-order valence-corrected chi connectivity index (χ1v) is 10.7. The van der Waals surface area contributed by atoms with Gasteiger partial charge in [0, 0.05) is 23.4 Å². The van der Waals surface area contributed by atoms with Crippen LogP contribution in [0.1, 0.15) is 31.9 Å². The largest absolute Gasteiger partial charge is 0.298 e. The molecular weight excluding hydrogens is 376 g/mol. The maximum atomic E-state index is 13.0. The average molecular weight is 401 g/mol. The third-order valence-electron chi connectivity index (χ3n) is 4.76. The van der Waals surface area contributed by atoms with E-state index in [0.29, 0.717) is 16.3 Å². The summed E-state index contributed by atoms with van der Waals surface area (Å²) in [4.78, 5) is 30.6. The van der Waals surface area contributed by atoms with Gasteiger partial charge < -0.3 is 0 Å². The van der Waals surface area contributed by atoms with Gasteiger partial charge in [-0.25, -0.2) is 4.98 Å². The molecule has 0 N–H and O–H groups in total. The van der Waals surface area contributed by atoms with E-state index in [2.05, 4.69) is 31.0 Å². The molecule has 0 aliphatic heterocycles. The second-order valence-corrected chi connectivity index (χ2v) is 9.65. The summed E-state index contributed by atoms with van der Waals surface area (Å²) >= 11 is 2.80. The third-order valence-corrected chi connectivity index (χ3v) is 6.66. The fourth-order valence-corrected chi connectivity index (χ4v) is 4.77. The first-order valence-electron chi connectivity index (χ1n) is 8.81. The topological polar surface area (TPSA) is 52.0 Å². The molecule has 3 rings (SSSR count). The SMILES string of the molecule is Cc1ccc(-c2csc3nc(SCC(=O)C(C)(C)C)n(C)c(=O)c23)cc1C. The number of fused-ring (bicyclic) bond motifs is 1. The van der Waals surface area contributed by atoms with Gasteiger partial charge in [0.15, 0.2) is 5.16 Å². The molecule has 0 aliphatic rings. The highest BCUT2D eigenvalue weighted by atomic mass is 32.2. The van der Waals surface area contributed by atoms with E-state index < -0.39 is 5.41 Å². The number of benzene rings is 1. The Morgan fingerprint density at radius 2 is 1.93 bits per heavy atom. The van der Waals surface area contributed by atoms with Crippen molar-refractivity contribution in [3.05, 3.63) is 45.1 Å². The number of hydrogen-bond donors (Lipinski definition) is 0. The zero-order chi connectivity index (χ0) is 19.9. The molecule has 0 unspecified atom stereocenters. The molecule has 0 amide bonds. The maximum Gasteiger partial charge on any atom is 0.263 e. The second kappa shape index (κ2) is 7.24. The first-order chi connectivity index (χ1) is 12.6. The predicted octanol–water partition coefficient (Wildman–Crippen LogP) is 4.99. The lowest BCUT2D eigenvalue weighted by molar-refractivity contribution is -0.123. The molecule has 4 nitrogen and oxygen atoms in total. The molecular formula is C21H24N2O2S2. The van der Waals surface area contributed by atoms with Gasteiger partial charge in [-0.05, 0) is 30.5 Å². The van der Waals surface area contributed by atoms with Crippen LogP contribution in [-0.2, 0) is 11.8 Å². The Kier molecular flexibility index (Phi) is 5.32. The Labute approximate surface area is 167 Å². The summed E-state index contributed by atoms with van der Waals surface area (Å²) in [5.74, 6) is 0.453. The van der Waals surface area contributed by atoms with Crippen LogP contribution in [0.3, 0.4) is 0 Å². The number of carbonyl (C=O) groups excluding carboxylic acids is 1. The quantitative estimate of drug-likeness (QED) is 0.457. The van der Waals surface area contributed by atoms with Crippen molar-refractivity contribution in [2.45, 2.75) is 39.8 Å². The Morgan fingerprint density at radius 1 is 1.22 bits per heavy atom. The van der Waals surface area contributed by atoms with E-state index in [0.717, 1.165) is 16.0 Å². The number of carbonyl (C=O) groups is 1. The van der Waals surface area contributed by atoms with Crippen molar-refractivity contribution in [1.29, 1.82) is 0 Å². The van der Waals surface area contributed by atoms with Crippen molar-refractivity contribution in [2.24, 2.45) is 12.5 Å². The van der Waals surface area contributed by atoms with E-state index in [9.17, 15) is 9.59 Å². The molecule has 0 spiro atoms. The lowest BCUT2D eigenvalue weighted by Crippen LogP contribution is -2.24. The number of nitrogens with zero attached hydrogens (tertiary/aromatic N) is 2. The van der Waals surface area contributed by atoms with Crippen LogP contribution in [0.15, 0.2) is 33.5 Å². The molecule has 0 saturated carbocycles. The summed E-state index contributed by atoms with van der Waals surface area (Å²) in [7, 11) is 1.72. The van der Waals surface area contributed by atoms with E-state index in [1.54, 1.807) is 11.6 Å². The van der Waals surface area contributed by atoms with Gasteiger partial charge in [0.1, 0.15) is 10.6 Å². The fourth-order valence-electron chi connectivity index (χ4n) is 2.65. The molecule has 1 aromatic carbocycles. The van der Waals surface area contributed by atoms with Gasteiger partial charge in [-0.2, -0.15) is 0 Å². The minimum atomic E-state index is -0.393. The maximum absolute atomic E-state index is 13.0. The van der Waals surface area contributed by atoms with E-state index >= 15 is 0 Å². The van der Waals surface area contributed by atoms with Gasteiger partial charge in [0.2, 0.25) is 0 Å². The number of Topliss-reactive ketones (excluding diaryl/α,β-unsaturated/α-hetero) is 1. The molecule has 2 aromatic heterocycles. The van der Waals surface area contributed by atoms with Gasteiger partial charge in [0.05, 0.1) is 11.1 Å². The monoisotopic (exact) mass is 400 g/mol. The van der Waals surface area contributed by atoms with Crippen molar-refractivity contribution >= 4 is 39.1 Å². The van der Waals surface area contributed by atoms with Crippen LogP contribution >= 0.6 is 23.1 Å². The molecule has 0 radical (unpaired) electrons. The summed E-state index contributed by atoms with van der Waals surface area (Å²) in [6.07, 6.45) is 0. The van der Waals surface area contributed by atoms with Crippen LogP contribution in [0.5, 0.6) is 0 Å². The lowest BCUT2D eigenvalue weighted by Gasteiger charge is -2.16. The second-order valence-electron chi connectivity index (χ2n) is 7.85. The molecule has 3 aromatic rings. The Bertz CT molecular complexity index is 1090. The first kappa shape index (κ1) is 19.8. The van der Waals surface area contributed by atoms with Crippen LogP contribution in [0.2, 0.25) is 0 Å². The van der Waals surface area contributed by atoms with Crippen molar-refractivity contribution in [1.82, 2.24) is 9.55 Å². The number of rotatable bonds is 4. The number of hydrogen-bond acceptors (Lipinski definition) is 5. The van der Waals surface area contributed by atoms with Gasteiger partial charge in [-0.3, -0.25) is 14.2 Å². The minimum Gasteiger partial charge on any atom is -0.298 e. The highest BCUT2D eigenvalue weighted by Gasteiger charge is 2.22. The molecule has 0 atom stereocenters. The molecule has 27 heavy (non-hydrogen) atoms. The summed E-state index contributed by atoms with van der Waals surface area (Å²) in [6, 6.07) is 6.24. The zero-order valence-corrected chi connectivity index (χ0v) is 18.2. The molecule has 142 valence electrons. The highest BCUT2D eigenvalue weighted by molar-refractivity contribution is 7.99. The van der Waals surface area contributed by atoms with Gasteiger partial charge in [-0.1, -0.05) is 50.7 Å². The van der Waals surface area contributed by atoms with Gasteiger partial charge in [0.25, 0.3) is 5.56 Å². The fraction of sp³-hybridized carbons (Fsp3) is 0.381. The summed E-state index contributed by atoms with van der Waals surface area (Å²) in [5.41, 5.74) is 3.92. The van der Waals surface area contributed by atoms with Gasteiger partial charge >= 0.3 is 0 Å². The van der Waals surface area contributed by atoms with Crippen LogP contribution < -0.4 is 5.56 Å². The minimum absolute atomic E-state index is 0.0693. The van der Waals surface area contributed by atoms with E-state index in [-0.39, 0.29) is 11.3 Å². The third kappa shape index (κ3) is 3.87. The van der Waals surface area contributed by atoms with Crippen LogP contribution in [0, 0.1) is 19.3 Å². The van der Waals surface area contributed by atoms with Gasteiger partial charge in [-0.15, -0.1) is 11.3 Å². The highest BCUT2D eigenvalue weighted by Crippen LogP contribution is 2.33. The predicted molar refractivity (Wildman–Crippen MR) is 115 cm³/mol. The number of thiophene rings is 1. The van der Waals surface area contributed by atoms with Crippen molar-refractivity contribution in [3.63, 3.8) is 0 Å². The average Bonchev–Trinajstić information content (AvgIpc) is 3.02. The Balaban J connectivity index is 2.03.